The van der Waals surface area contributed by atoms with Crippen molar-refractivity contribution in [2.24, 2.45) is 0 Å². The Kier molecular flexibility index (Phi) is 3.73. The first-order valence-electron chi connectivity index (χ1n) is 6.95. The molecule has 18 heavy (non-hydrogen) atoms. The van der Waals surface area contributed by atoms with Crippen molar-refractivity contribution >= 4 is 15.9 Å². The van der Waals surface area contributed by atoms with Crippen molar-refractivity contribution in [2.45, 2.75) is 44.8 Å². The molecule has 2 nitrogen and oxygen atoms in total. The van der Waals surface area contributed by atoms with Crippen LogP contribution in [0.15, 0.2) is 22.7 Å². The van der Waals surface area contributed by atoms with Gasteiger partial charge < -0.3 is 5.32 Å². The summed E-state index contributed by atoms with van der Waals surface area (Å²) in [4.78, 5) is 2.66. The van der Waals surface area contributed by atoms with E-state index in [0.717, 1.165) is 12.6 Å². The lowest BCUT2D eigenvalue weighted by Crippen LogP contribution is -2.32. The molecular formula is C15H21BrN2. The van der Waals surface area contributed by atoms with Crippen molar-refractivity contribution in [3.63, 3.8) is 0 Å². The maximum absolute atomic E-state index is 3.69. The van der Waals surface area contributed by atoms with Crippen molar-refractivity contribution in [3.05, 3.63) is 33.8 Å². The summed E-state index contributed by atoms with van der Waals surface area (Å²) >= 11 is 3.60. The Morgan fingerprint density at radius 2 is 2.17 bits per heavy atom. The Morgan fingerprint density at radius 1 is 1.33 bits per heavy atom. The van der Waals surface area contributed by atoms with Gasteiger partial charge in [-0.15, -0.1) is 0 Å². The maximum atomic E-state index is 3.69. The normalized spacial score (nSPS) is 24.7. The molecule has 0 bridgehead atoms. The molecule has 1 heterocycles. The minimum absolute atomic E-state index is 0.686. The second-order valence-electron chi connectivity index (χ2n) is 5.68. The van der Waals surface area contributed by atoms with Crippen LogP contribution in [0.3, 0.4) is 0 Å². The van der Waals surface area contributed by atoms with Crippen LogP contribution in [-0.2, 0) is 6.54 Å². The summed E-state index contributed by atoms with van der Waals surface area (Å²) in [6, 6.07) is 8.25. The lowest BCUT2D eigenvalue weighted by atomic mass is 10.1. The number of halogens is 1. The fourth-order valence-corrected chi connectivity index (χ4v) is 3.16. The molecule has 0 amide bonds. The highest BCUT2D eigenvalue weighted by atomic mass is 79.9. The van der Waals surface area contributed by atoms with Gasteiger partial charge in [0.05, 0.1) is 0 Å². The van der Waals surface area contributed by atoms with Gasteiger partial charge in [0.2, 0.25) is 0 Å². The van der Waals surface area contributed by atoms with Gasteiger partial charge in [0.1, 0.15) is 0 Å². The van der Waals surface area contributed by atoms with E-state index in [0.29, 0.717) is 6.04 Å². The topological polar surface area (TPSA) is 15.3 Å². The molecule has 1 aliphatic carbocycles. The summed E-state index contributed by atoms with van der Waals surface area (Å²) in [5.74, 6) is 0. The van der Waals surface area contributed by atoms with E-state index in [1.54, 1.807) is 0 Å². The third-order valence-corrected chi connectivity index (χ3v) is 4.97. The Balaban J connectivity index is 1.50. The van der Waals surface area contributed by atoms with Crippen LogP contribution in [-0.4, -0.2) is 30.1 Å². The van der Waals surface area contributed by atoms with E-state index < -0.39 is 0 Å². The van der Waals surface area contributed by atoms with Crippen LogP contribution in [0.2, 0.25) is 0 Å². The Labute approximate surface area is 118 Å². The largest absolute Gasteiger partial charge is 0.309 e. The predicted octanol–water partition coefficient (Wildman–Crippen LogP) is 3.08. The van der Waals surface area contributed by atoms with Gasteiger partial charge in [-0.3, -0.25) is 4.90 Å². The maximum Gasteiger partial charge on any atom is 0.0210 e. The summed E-state index contributed by atoms with van der Waals surface area (Å²) < 4.78 is 1.22. The lowest BCUT2D eigenvalue weighted by molar-refractivity contribution is 0.317. The van der Waals surface area contributed by atoms with E-state index in [4.69, 9.17) is 0 Å². The summed E-state index contributed by atoms with van der Waals surface area (Å²) in [7, 11) is 0. The first-order chi connectivity index (χ1) is 8.72. The third kappa shape index (κ3) is 2.95. The van der Waals surface area contributed by atoms with Crippen LogP contribution in [0.5, 0.6) is 0 Å². The quantitative estimate of drug-likeness (QED) is 0.919. The molecular weight excluding hydrogens is 288 g/mol. The Hall–Kier alpha value is -0.380. The highest BCUT2D eigenvalue weighted by molar-refractivity contribution is 9.10. The highest BCUT2D eigenvalue weighted by Crippen LogP contribution is 2.29. The molecule has 0 aromatic heterocycles. The number of benzene rings is 1. The van der Waals surface area contributed by atoms with Crippen LogP contribution in [0.4, 0.5) is 0 Å². The predicted molar refractivity (Wildman–Crippen MR) is 78.7 cm³/mol. The standard InChI is InChI=1S/C15H21BrN2/c1-11-2-3-12(8-15(11)16)9-17-13-6-7-18(10-13)14-4-5-14/h2-3,8,13-14,17H,4-7,9-10H2,1H3. The molecule has 2 aliphatic rings. The molecule has 0 radical (unpaired) electrons. The summed E-state index contributed by atoms with van der Waals surface area (Å²) in [5.41, 5.74) is 2.68. The number of aryl methyl sites for hydroxylation is 1. The molecule has 1 atom stereocenters. The van der Waals surface area contributed by atoms with E-state index in [9.17, 15) is 0 Å². The van der Waals surface area contributed by atoms with E-state index in [1.165, 1.54) is 48.0 Å². The minimum atomic E-state index is 0.686. The van der Waals surface area contributed by atoms with E-state index in [2.05, 4.69) is 51.3 Å². The third-order valence-electron chi connectivity index (χ3n) is 4.11. The van der Waals surface area contributed by atoms with Gasteiger partial charge >= 0.3 is 0 Å². The summed E-state index contributed by atoms with van der Waals surface area (Å²) in [6.07, 6.45) is 4.17. The van der Waals surface area contributed by atoms with Crippen molar-refractivity contribution in [3.8, 4) is 0 Å². The molecule has 0 spiro atoms. The number of hydrogen-bond donors (Lipinski definition) is 1. The molecule has 1 saturated heterocycles. The van der Waals surface area contributed by atoms with E-state index >= 15 is 0 Å². The number of likely N-dealkylation sites (tertiary alicyclic amines) is 1. The molecule has 3 heteroatoms. The zero-order chi connectivity index (χ0) is 12.5. The summed E-state index contributed by atoms with van der Waals surface area (Å²) in [6.45, 7) is 5.66. The smallest absolute Gasteiger partial charge is 0.0210 e. The van der Waals surface area contributed by atoms with E-state index in [-0.39, 0.29) is 0 Å². The van der Waals surface area contributed by atoms with Crippen molar-refractivity contribution in [1.82, 2.24) is 10.2 Å². The molecule has 1 saturated carbocycles. The van der Waals surface area contributed by atoms with Gasteiger partial charge in [0.25, 0.3) is 0 Å². The number of rotatable bonds is 4. The van der Waals surface area contributed by atoms with Gasteiger partial charge in [0.15, 0.2) is 0 Å². The molecule has 1 aromatic carbocycles. The Morgan fingerprint density at radius 3 is 2.89 bits per heavy atom. The second kappa shape index (κ2) is 5.32. The van der Waals surface area contributed by atoms with Gasteiger partial charge in [-0.1, -0.05) is 28.1 Å². The van der Waals surface area contributed by atoms with Crippen LogP contribution < -0.4 is 5.32 Å². The van der Waals surface area contributed by atoms with Crippen LogP contribution in [0.1, 0.15) is 30.4 Å². The minimum Gasteiger partial charge on any atom is -0.309 e. The van der Waals surface area contributed by atoms with Gasteiger partial charge in [-0.25, -0.2) is 0 Å². The number of nitrogens with one attached hydrogen (secondary N) is 1. The summed E-state index contributed by atoms with van der Waals surface area (Å²) in [5, 5.41) is 3.69. The molecule has 1 aromatic rings. The Bertz CT molecular complexity index is 429. The zero-order valence-electron chi connectivity index (χ0n) is 11.0. The first kappa shape index (κ1) is 12.6. The SMILES string of the molecule is Cc1ccc(CNC2CCN(C3CC3)C2)cc1Br. The van der Waals surface area contributed by atoms with Crippen LogP contribution in [0, 0.1) is 6.92 Å². The molecule has 3 rings (SSSR count). The average Bonchev–Trinajstić information content (AvgIpc) is 3.11. The van der Waals surface area contributed by atoms with Crippen molar-refractivity contribution in [2.75, 3.05) is 13.1 Å². The number of nitrogens with zero attached hydrogens (tertiary/aromatic N) is 1. The molecule has 1 N–H and O–H groups in total. The average molecular weight is 309 g/mol. The van der Waals surface area contributed by atoms with Crippen LogP contribution in [0.25, 0.3) is 0 Å². The van der Waals surface area contributed by atoms with Gasteiger partial charge in [-0.05, 0) is 43.4 Å². The number of hydrogen-bond acceptors (Lipinski definition) is 2. The van der Waals surface area contributed by atoms with Gasteiger partial charge in [-0.2, -0.15) is 0 Å². The zero-order valence-corrected chi connectivity index (χ0v) is 12.5. The lowest BCUT2D eigenvalue weighted by Gasteiger charge is -2.16. The van der Waals surface area contributed by atoms with Crippen molar-refractivity contribution < 1.29 is 0 Å². The van der Waals surface area contributed by atoms with Crippen molar-refractivity contribution in [1.29, 1.82) is 0 Å². The highest BCUT2D eigenvalue weighted by Gasteiger charge is 2.33. The molecule has 1 unspecified atom stereocenters. The fraction of sp³-hybridized carbons (Fsp3) is 0.600. The second-order valence-corrected chi connectivity index (χ2v) is 6.53. The molecule has 2 fully saturated rings. The van der Waals surface area contributed by atoms with E-state index in [1.807, 2.05) is 0 Å². The monoisotopic (exact) mass is 308 g/mol. The molecule has 98 valence electrons. The first-order valence-corrected chi connectivity index (χ1v) is 7.74. The fourth-order valence-electron chi connectivity index (χ4n) is 2.73. The molecule has 1 aliphatic heterocycles. The van der Waals surface area contributed by atoms with Crippen LogP contribution >= 0.6 is 15.9 Å². The van der Waals surface area contributed by atoms with Gasteiger partial charge in [0, 0.05) is 36.2 Å².